The van der Waals surface area contributed by atoms with Gasteiger partial charge in [0.2, 0.25) is 0 Å². The van der Waals surface area contributed by atoms with Crippen LogP contribution in [0.2, 0.25) is 0 Å². The van der Waals surface area contributed by atoms with Crippen LogP contribution in [0, 0.1) is 0 Å². The molecule has 0 bridgehead atoms. The molecule has 3 N–H and O–H groups in total. The van der Waals surface area contributed by atoms with Crippen molar-refractivity contribution in [2.24, 2.45) is 0 Å². The fourth-order valence-corrected chi connectivity index (χ4v) is 2.76. The van der Waals surface area contributed by atoms with E-state index < -0.39 is 11.6 Å². The van der Waals surface area contributed by atoms with Gasteiger partial charge in [0, 0.05) is 6.54 Å². The van der Waals surface area contributed by atoms with E-state index in [1.54, 1.807) is 6.07 Å². The summed E-state index contributed by atoms with van der Waals surface area (Å²) in [6.07, 6.45) is 4.80. The van der Waals surface area contributed by atoms with Crippen molar-refractivity contribution in [2.75, 3.05) is 11.9 Å². The lowest BCUT2D eigenvalue weighted by molar-refractivity contribution is 0.0163. The Balaban J connectivity index is 1.73. The second kappa shape index (κ2) is 5.37. The lowest BCUT2D eigenvalue weighted by atomic mass is 9.85. The van der Waals surface area contributed by atoms with Gasteiger partial charge in [0.1, 0.15) is 5.52 Å². The zero-order valence-electron chi connectivity index (χ0n) is 11.6. The van der Waals surface area contributed by atoms with Gasteiger partial charge in [-0.2, -0.15) is 4.98 Å². The number of carboxylic acids is 1. The number of carboxylic acid groups (broad SMARTS) is 1. The molecule has 1 fully saturated rings. The molecular formula is C15H18N2O4. The first-order chi connectivity index (χ1) is 10.1. The Labute approximate surface area is 121 Å². The summed E-state index contributed by atoms with van der Waals surface area (Å²) >= 11 is 0. The molecule has 0 atom stereocenters. The molecule has 1 saturated carbocycles. The SMILES string of the molecule is O=C(O)c1ccc2nc(NCC3(O)CCCCC3)oc2c1. The van der Waals surface area contributed by atoms with E-state index in [-0.39, 0.29) is 5.56 Å². The fourth-order valence-electron chi connectivity index (χ4n) is 2.76. The molecule has 6 heteroatoms. The van der Waals surface area contributed by atoms with Crippen LogP contribution in [-0.2, 0) is 0 Å². The minimum atomic E-state index is -1.00. The first-order valence-electron chi connectivity index (χ1n) is 7.16. The van der Waals surface area contributed by atoms with Gasteiger partial charge in [-0.3, -0.25) is 0 Å². The van der Waals surface area contributed by atoms with E-state index in [9.17, 15) is 9.90 Å². The molecule has 0 aliphatic heterocycles. The molecular weight excluding hydrogens is 272 g/mol. The number of anilines is 1. The normalized spacial score (nSPS) is 17.8. The van der Waals surface area contributed by atoms with Gasteiger partial charge in [-0.1, -0.05) is 19.3 Å². The van der Waals surface area contributed by atoms with Crippen molar-refractivity contribution in [3.05, 3.63) is 23.8 Å². The van der Waals surface area contributed by atoms with E-state index in [0.717, 1.165) is 25.7 Å². The number of aromatic carboxylic acids is 1. The van der Waals surface area contributed by atoms with E-state index in [4.69, 9.17) is 9.52 Å². The van der Waals surface area contributed by atoms with E-state index in [2.05, 4.69) is 10.3 Å². The third kappa shape index (κ3) is 3.00. The molecule has 1 aliphatic rings. The number of carbonyl (C=O) groups is 1. The summed E-state index contributed by atoms with van der Waals surface area (Å²) in [5.41, 5.74) is 0.479. The second-order valence-corrected chi connectivity index (χ2v) is 5.65. The Hall–Kier alpha value is -2.08. The molecule has 1 aromatic carbocycles. The molecule has 3 rings (SSSR count). The topological polar surface area (TPSA) is 95.6 Å². The fraction of sp³-hybridized carbons (Fsp3) is 0.467. The summed E-state index contributed by atoms with van der Waals surface area (Å²) < 4.78 is 5.50. The molecule has 0 amide bonds. The van der Waals surface area contributed by atoms with E-state index in [0.29, 0.717) is 23.7 Å². The lowest BCUT2D eigenvalue weighted by Gasteiger charge is -2.31. The predicted octanol–water partition coefficient (Wildman–Crippen LogP) is 2.63. The second-order valence-electron chi connectivity index (χ2n) is 5.65. The summed E-state index contributed by atoms with van der Waals surface area (Å²) in [6.45, 7) is 0.394. The smallest absolute Gasteiger partial charge is 0.335 e. The molecule has 112 valence electrons. The molecule has 0 spiro atoms. The van der Waals surface area contributed by atoms with E-state index >= 15 is 0 Å². The van der Waals surface area contributed by atoms with Gasteiger partial charge in [-0.15, -0.1) is 0 Å². The van der Waals surface area contributed by atoms with Crippen molar-refractivity contribution >= 4 is 23.1 Å². The van der Waals surface area contributed by atoms with Crippen molar-refractivity contribution in [3.8, 4) is 0 Å². The number of fused-ring (bicyclic) bond motifs is 1. The van der Waals surface area contributed by atoms with Crippen LogP contribution < -0.4 is 5.32 Å². The van der Waals surface area contributed by atoms with Crippen LogP contribution in [0.1, 0.15) is 42.5 Å². The van der Waals surface area contributed by atoms with Gasteiger partial charge < -0.3 is 19.9 Å². The molecule has 1 aromatic heterocycles. The summed E-state index contributed by atoms with van der Waals surface area (Å²) in [5, 5.41) is 22.4. The molecule has 0 saturated heterocycles. The van der Waals surface area contributed by atoms with Crippen molar-refractivity contribution in [1.29, 1.82) is 0 Å². The van der Waals surface area contributed by atoms with Crippen molar-refractivity contribution < 1.29 is 19.4 Å². The zero-order chi connectivity index (χ0) is 14.9. The largest absolute Gasteiger partial charge is 0.478 e. The Morgan fingerprint density at radius 1 is 1.33 bits per heavy atom. The molecule has 0 unspecified atom stereocenters. The minimum absolute atomic E-state index is 0.163. The third-order valence-corrected chi connectivity index (χ3v) is 3.99. The van der Waals surface area contributed by atoms with Crippen LogP contribution >= 0.6 is 0 Å². The quantitative estimate of drug-likeness (QED) is 0.801. The van der Waals surface area contributed by atoms with Crippen LogP contribution in [0.25, 0.3) is 11.1 Å². The Morgan fingerprint density at radius 2 is 2.10 bits per heavy atom. The molecule has 0 radical (unpaired) electrons. The molecule has 1 heterocycles. The number of aromatic nitrogens is 1. The maximum atomic E-state index is 10.9. The summed E-state index contributed by atoms with van der Waals surface area (Å²) in [6, 6.07) is 4.87. The van der Waals surface area contributed by atoms with Gasteiger partial charge in [-0.25, -0.2) is 4.79 Å². The standard InChI is InChI=1S/C15H18N2O4/c18-13(19)10-4-5-11-12(8-10)21-14(17-11)16-9-15(20)6-2-1-3-7-15/h4-5,8,20H,1-3,6-7,9H2,(H,16,17)(H,18,19). The number of oxazole rings is 1. The van der Waals surface area contributed by atoms with Gasteiger partial charge in [0.25, 0.3) is 6.01 Å². The highest BCUT2D eigenvalue weighted by atomic mass is 16.4. The minimum Gasteiger partial charge on any atom is -0.478 e. The number of hydrogen-bond donors (Lipinski definition) is 3. The van der Waals surface area contributed by atoms with Gasteiger partial charge >= 0.3 is 5.97 Å². The van der Waals surface area contributed by atoms with Gasteiger partial charge in [-0.05, 0) is 31.0 Å². The zero-order valence-corrected chi connectivity index (χ0v) is 11.6. The van der Waals surface area contributed by atoms with E-state index in [1.807, 2.05) is 0 Å². The maximum Gasteiger partial charge on any atom is 0.335 e. The molecule has 21 heavy (non-hydrogen) atoms. The van der Waals surface area contributed by atoms with Gasteiger partial charge in [0.15, 0.2) is 5.58 Å². The van der Waals surface area contributed by atoms with Crippen LogP contribution in [0.4, 0.5) is 6.01 Å². The third-order valence-electron chi connectivity index (χ3n) is 3.99. The number of nitrogens with zero attached hydrogens (tertiary/aromatic N) is 1. The van der Waals surface area contributed by atoms with Crippen molar-refractivity contribution in [1.82, 2.24) is 4.98 Å². The number of hydrogen-bond acceptors (Lipinski definition) is 5. The summed E-state index contributed by atoms with van der Waals surface area (Å²) in [5.74, 6) is -1.00. The number of rotatable bonds is 4. The monoisotopic (exact) mass is 290 g/mol. The molecule has 6 nitrogen and oxygen atoms in total. The van der Waals surface area contributed by atoms with Crippen LogP contribution in [0.5, 0.6) is 0 Å². The first-order valence-corrected chi connectivity index (χ1v) is 7.16. The lowest BCUT2D eigenvalue weighted by Crippen LogP contribution is -2.38. The van der Waals surface area contributed by atoms with Crippen LogP contribution in [0.3, 0.4) is 0 Å². The van der Waals surface area contributed by atoms with Crippen LogP contribution in [-0.4, -0.2) is 33.3 Å². The Bertz CT molecular complexity index is 659. The highest BCUT2D eigenvalue weighted by Gasteiger charge is 2.29. The van der Waals surface area contributed by atoms with E-state index in [1.165, 1.54) is 18.6 Å². The number of benzene rings is 1. The summed E-state index contributed by atoms with van der Waals surface area (Å²) in [7, 11) is 0. The Kier molecular flexibility index (Phi) is 3.55. The molecule has 2 aromatic rings. The number of aliphatic hydroxyl groups is 1. The number of nitrogens with one attached hydrogen (secondary N) is 1. The van der Waals surface area contributed by atoms with Gasteiger partial charge in [0.05, 0.1) is 11.2 Å². The highest BCUT2D eigenvalue weighted by Crippen LogP contribution is 2.28. The predicted molar refractivity (Wildman–Crippen MR) is 77.5 cm³/mol. The van der Waals surface area contributed by atoms with Crippen LogP contribution in [0.15, 0.2) is 22.6 Å². The average Bonchev–Trinajstić information content (AvgIpc) is 2.88. The van der Waals surface area contributed by atoms with Crippen molar-refractivity contribution in [3.63, 3.8) is 0 Å². The summed E-state index contributed by atoms with van der Waals surface area (Å²) in [4.78, 5) is 15.2. The first kappa shape index (κ1) is 13.9. The average molecular weight is 290 g/mol. The maximum absolute atomic E-state index is 10.9. The molecule has 1 aliphatic carbocycles. The van der Waals surface area contributed by atoms with Crippen molar-refractivity contribution in [2.45, 2.75) is 37.7 Å². The Morgan fingerprint density at radius 3 is 2.81 bits per heavy atom. The highest BCUT2D eigenvalue weighted by molar-refractivity contribution is 5.92.